The highest BCUT2D eigenvalue weighted by Crippen LogP contribution is 2.06. The molecule has 1 heterocycles. The number of nitrogens with two attached hydrogens (primary N) is 1. The van der Waals surface area contributed by atoms with Crippen molar-refractivity contribution in [2.75, 3.05) is 5.73 Å². The molecule has 0 radical (unpaired) electrons. The van der Waals surface area contributed by atoms with Gasteiger partial charge in [-0.05, 0) is 25.0 Å². The molecule has 0 aliphatic heterocycles. The van der Waals surface area contributed by atoms with Crippen molar-refractivity contribution in [2.24, 2.45) is 0 Å². The Labute approximate surface area is 65.2 Å². The van der Waals surface area contributed by atoms with Crippen molar-refractivity contribution in [1.29, 1.82) is 0 Å². The van der Waals surface area contributed by atoms with Crippen LogP contribution in [0.2, 0.25) is 0 Å². The quantitative estimate of drug-likeness (QED) is 0.626. The SMILES string of the molecule is CCc1cc(C)c(=O)[nH]c1N. The zero-order valence-corrected chi connectivity index (χ0v) is 6.77. The van der Waals surface area contributed by atoms with Crippen molar-refractivity contribution in [3.63, 3.8) is 0 Å². The minimum Gasteiger partial charge on any atom is -0.385 e. The van der Waals surface area contributed by atoms with Crippen LogP contribution in [0.15, 0.2) is 10.9 Å². The monoisotopic (exact) mass is 152 g/mol. The molecule has 0 aliphatic rings. The van der Waals surface area contributed by atoms with Gasteiger partial charge in [0.15, 0.2) is 0 Å². The molecule has 0 amide bonds. The normalized spacial score (nSPS) is 10.0. The maximum absolute atomic E-state index is 11.0. The molecule has 1 aromatic heterocycles. The largest absolute Gasteiger partial charge is 0.385 e. The minimum atomic E-state index is -0.0975. The Morgan fingerprint density at radius 1 is 1.64 bits per heavy atom. The van der Waals surface area contributed by atoms with Crippen molar-refractivity contribution in [2.45, 2.75) is 20.3 Å². The molecule has 0 saturated heterocycles. The van der Waals surface area contributed by atoms with Gasteiger partial charge in [-0.3, -0.25) is 4.79 Å². The highest BCUT2D eigenvalue weighted by atomic mass is 16.1. The second kappa shape index (κ2) is 2.78. The zero-order chi connectivity index (χ0) is 8.43. The summed E-state index contributed by atoms with van der Waals surface area (Å²) in [5, 5.41) is 0. The average Bonchev–Trinajstić information content (AvgIpc) is 1.97. The smallest absolute Gasteiger partial charge is 0.252 e. The molecular formula is C8H12N2O. The van der Waals surface area contributed by atoms with Crippen LogP contribution in [0.25, 0.3) is 0 Å². The number of nitrogen functional groups attached to an aromatic ring is 1. The van der Waals surface area contributed by atoms with Gasteiger partial charge in [-0.2, -0.15) is 0 Å². The number of aromatic nitrogens is 1. The first-order valence-electron chi connectivity index (χ1n) is 3.63. The number of hydrogen-bond acceptors (Lipinski definition) is 2. The maximum atomic E-state index is 11.0. The number of anilines is 1. The number of aryl methyl sites for hydroxylation is 2. The Morgan fingerprint density at radius 3 is 2.82 bits per heavy atom. The van der Waals surface area contributed by atoms with E-state index < -0.39 is 0 Å². The van der Waals surface area contributed by atoms with Gasteiger partial charge in [-0.1, -0.05) is 6.92 Å². The standard InChI is InChI=1S/C8H12N2O/c1-3-6-4-5(2)8(11)10-7(6)9/h4H,3H2,1-2H3,(H3,9,10,11). The molecule has 0 fully saturated rings. The number of aromatic amines is 1. The second-order valence-corrected chi connectivity index (χ2v) is 2.57. The first-order chi connectivity index (χ1) is 5.15. The van der Waals surface area contributed by atoms with E-state index in [2.05, 4.69) is 4.98 Å². The summed E-state index contributed by atoms with van der Waals surface area (Å²) in [4.78, 5) is 13.6. The molecule has 0 bridgehead atoms. The number of pyridine rings is 1. The third kappa shape index (κ3) is 1.42. The van der Waals surface area contributed by atoms with Crippen LogP contribution < -0.4 is 11.3 Å². The molecule has 0 atom stereocenters. The highest BCUT2D eigenvalue weighted by Gasteiger charge is 1.99. The van der Waals surface area contributed by atoms with Crippen molar-refractivity contribution < 1.29 is 0 Å². The Balaban J connectivity index is 3.32. The van der Waals surface area contributed by atoms with E-state index in [9.17, 15) is 4.79 Å². The lowest BCUT2D eigenvalue weighted by molar-refractivity contribution is 1.07. The first kappa shape index (κ1) is 7.85. The Hall–Kier alpha value is -1.25. The fourth-order valence-electron chi connectivity index (χ4n) is 0.998. The Bertz CT molecular complexity index is 314. The van der Waals surface area contributed by atoms with Gasteiger partial charge in [0, 0.05) is 5.56 Å². The van der Waals surface area contributed by atoms with E-state index in [1.165, 1.54) is 0 Å². The average molecular weight is 152 g/mol. The molecule has 3 N–H and O–H groups in total. The van der Waals surface area contributed by atoms with E-state index >= 15 is 0 Å². The molecule has 1 aromatic rings. The summed E-state index contributed by atoms with van der Waals surface area (Å²) in [6.45, 7) is 3.78. The summed E-state index contributed by atoms with van der Waals surface area (Å²) < 4.78 is 0. The lowest BCUT2D eigenvalue weighted by Crippen LogP contribution is -2.13. The van der Waals surface area contributed by atoms with Crippen LogP contribution in [0.3, 0.4) is 0 Å². The van der Waals surface area contributed by atoms with E-state index in [1.807, 2.05) is 13.0 Å². The van der Waals surface area contributed by atoms with Crippen LogP contribution >= 0.6 is 0 Å². The highest BCUT2D eigenvalue weighted by molar-refractivity contribution is 5.40. The molecule has 60 valence electrons. The van der Waals surface area contributed by atoms with Crippen LogP contribution in [-0.2, 0) is 6.42 Å². The summed E-state index contributed by atoms with van der Waals surface area (Å²) in [5.74, 6) is 0.489. The summed E-state index contributed by atoms with van der Waals surface area (Å²) >= 11 is 0. The van der Waals surface area contributed by atoms with Gasteiger partial charge in [0.05, 0.1) is 0 Å². The molecule has 11 heavy (non-hydrogen) atoms. The molecule has 3 nitrogen and oxygen atoms in total. The van der Waals surface area contributed by atoms with E-state index in [4.69, 9.17) is 5.73 Å². The first-order valence-corrected chi connectivity index (χ1v) is 3.63. The summed E-state index contributed by atoms with van der Waals surface area (Å²) in [6, 6.07) is 1.83. The third-order valence-electron chi connectivity index (χ3n) is 1.72. The molecule has 1 rings (SSSR count). The molecule has 0 aromatic carbocycles. The van der Waals surface area contributed by atoms with Gasteiger partial charge in [-0.15, -0.1) is 0 Å². The van der Waals surface area contributed by atoms with Crippen LogP contribution in [0.5, 0.6) is 0 Å². The summed E-state index contributed by atoms with van der Waals surface area (Å²) in [5.41, 5.74) is 7.17. The molecule has 0 unspecified atom stereocenters. The van der Waals surface area contributed by atoms with Gasteiger partial charge >= 0.3 is 0 Å². The van der Waals surface area contributed by atoms with Crippen LogP contribution in [-0.4, -0.2) is 4.98 Å². The second-order valence-electron chi connectivity index (χ2n) is 2.57. The minimum absolute atomic E-state index is 0.0975. The van der Waals surface area contributed by atoms with Crippen molar-refractivity contribution in [3.05, 3.63) is 27.5 Å². The van der Waals surface area contributed by atoms with E-state index in [1.54, 1.807) is 6.92 Å². The fourth-order valence-corrected chi connectivity index (χ4v) is 0.998. The molecule has 0 spiro atoms. The summed E-state index contributed by atoms with van der Waals surface area (Å²) in [7, 11) is 0. The van der Waals surface area contributed by atoms with Crippen molar-refractivity contribution in [3.8, 4) is 0 Å². The van der Waals surface area contributed by atoms with Gasteiger partial charge in [-0.25, -0.2) is 0 Å². The number of H-pyrrole nitrogens is 1. The predicted molar refractivity (Wildman–Crippen MR) is 45.6 cm³/mol. The summed E-state index contributed by atoms with van der Waals surface area (Å²) in [6.07, 6.45) is 0.851. The number of rotatable bonds is 1. The predicted octanol–water partition coefficient (Wildman–Crippen LogP) is 0.828. The fraction of sp³-hybridized carbons (Fsp3) is 0.375. The maximum Gasteiger partial charge on any atom is 0.252 e. The van der Waals surface area contributed by atoms with E-state index in [-0.39, 0.29) is 5.56 Å². The lowest BCUT2D eigenvalue weighted by atomic mass is 10.1. The van der Waals surface area contributed by atoms with Gasteiger partial charge < -0.3 is 10.7 Å². The van der Waals surface area contributed by atoms with Gasteiger partial charge in [0.25, 0.3) is 5.56 Å². The molecule has 3 heteroatoms. The topological polar surface area (TPSA) is 58.9 Å². The lowest BCUT2D eigenvalue weighted by Gasteiger charge is -2.01. The van der Waals surface area contributed by atoms with Gasteiger partial charge in [0.1, 0.15) is 5.82 Å². The van der Waals surface area contributed by atoms with Crippen molar-refractivity contribution in [1.82, 2.24) is 4.98 Å². The third-order valence-corrected chi connectivity index (χ3v) is 1.72. The Morgan fingerprint density at radius 2 is 2.27 bits per heavy atom. The van der Waals surface area contributed by atoms with Gasteiger partial charge in [0.2, 0.25) is 0 Å². The molecular weight excluding hydrogens is 140 g/mol. The van der Waals surface area contributed by atoms with E-state index in [0.29, 0.717) is 5.82 Å². The van der Waals surface area contributed by atoms with Crippen LogP contribution in [0.4, 0.5) is 5.82 Å². The zero-order valence-electron chi connectivity index (χ0n) is 6.77. The van der Waals surface area contributed by atoms with Crippen molar-refractivity contribution >= 4 is 5.82 Å². The van der Waals surface area contributed by atoms with Crippen LogP contribution in [0.1, 0.15) is 18.1 Å². The Kier molecular flexibility index (Phi) is 1.98. The molecule has 0 saturated carbocycles. The number of nitrogens with one attached hydrogen (secondary N) is 1. The molecule has 0 aliphatic carbocycles. The number of hydrogen-bond donors (Lipinski definition) is 2. The van der Waals surface area contributed by atoms with E-state index in [0.717, 1.165) is 17.5 Å². The van der Waals surface area contributed by atoms with Crippen LogP contribution in [0, 0.1) is 6.92 Å².